The Bertz CT molecular complexity index is 618. The summed E-state index contributed by atoms with van der Waals surface area (Å²) in [5.41, 5.74) is 1.29. The predicted octanol–water partition coefficient (Wildman–Crippen LogP) is 4.17. The molecule has 98 valence electrons. The molecule has 0 atom stereocenters. The van der Waals surface area contributed by atoms with Crippen LogP contribution in [0.2, 0.25) is 5.02 Å². The molecule has 0 bridgehead atoms. The lowest BCUT2D eigenvalue weighted by Gasteiger charge is -2.07. The molecule has 5 heteroatoms. The molecule has 1 amide bonds. The largest absolute Gasteiger partial charge is 0.348 e. The average Bonchev–Trinajstić information content (AvgIpc) is 2.40. The molecule has 19 heavy (non-hydrogen) atoms. The number of carbonyl (C=O) groups is 1. The highest BCUT2D eigenvalue weighted by Gasteiger charge is 2.09. The quantitative estimate of drug-likeness (QED) is 0.891. The van der Waals surface area contributed by atoms with Gasteiger partial charge in [0.15, 0.2) is 0 Å². The van der Waals surface area contributed by atoms with E-state index >= 15 is 0 Å². The van der Waals surface area contributed by atoms with Gasteiger partial charge in [-0.25, -0.2) is 4.39 Å². The number of carbonyl (C=O) groups excluding carboxylic acids is 1. The van der Waals surface area contributed by atoms with E-state index in [0.29, 0.717) is 12.1 Å². The van der Waals surface area contributed by atoms with Gasteiger partial charge in [0.05, 0.1) is 10.6 Å². The van der Waals surface area contributed by atoms with Gasteiger partial charge in [0, 0.05) is 11.0 Å². The zero-order valence-corrected chi connectivity index (χ0v) is 12.1. The van der Waals surface area contributed by atoms with E-state index in [1.165, 1.54) is 12.1 Å². The molecule has 0 heterocycles. The van der Waals surface area contributed by atoms with E-state index in [-0.39, 0.29) is 10.9 Å². The van der Waals surface area contributed by atoms with Gasteiger partial charge in [0.2, 0.25) is 0 Å². The highest BCUT2D eigenvalue weighted by molar-refractivity contribution is 9.10. The van der Waals surface area contributed by atoms with Crippen LogP contribution in [0.25, 0.3) is 0 Å². The van der Waals surface area contributed by atoms with Crippen molar-refractivity contribution in [3.05, 3.63) is 68.9 Å². The van der Waals surface area contributed by atoms with Crippen LogP contribution in [0.5, 0.6) is 0 Å². The smallest absolute Gasteiger partial charge is 0.252 e. The number of rotatable bonds is 3. The van der Waals surface area contributed by atoms with E-state index < -0.39 is 5.82 Å². The molecular weight excluding hydrogens is 333 g/mol. The summed E-state index contributed by atoms with van der Waals surface area (Å²) in [5.74, 6) is -0.671. The Balaban J connectivity index is 2.04. The minimum Gasteiger partial charge on any atom is -0.348 e. The van der Waals surface area contributed by atoms with E-state index in [0.717, 1.165) is 10.0 Å². The predicted molar refractivity (Wildman–Crippen MR) is 76.7 cm³/mol. The van der Waals surface area contributed by atoms with Crippen molar-refractivity contribution in [2.45, 2.75) is 6.54 Å². The van der Waals surface area contributed by atoms with Crippen molar-refractivity contribution in [2.75, 3.05) is 0 Å². The van der Waals surface area contributed by atoms with Crippen LogP contribution in [0.4, 0.5) is 4.39 Å². The minimum atomic E-state index is -0.470. The van der Waals surface area contributed by atoms with E-state index in [1.54, 1.807) is 24.3 Å². The lowest BCUT2D eigenvalue weighted by atomic mass is 10.2. The fraction of sp³-hybridized carbons (Fsp3) is 0.0714. The summed E-state index contributed by atoms with van der Waals surface area (Å²) in [6.07, 6.45) is 0. The molecule has 0 aliphatic carbocycles. The Kier molecular flexibility index (Phi) is 4.56. The van der Waals surface area contributed by atoms with Crippen molar-refractivity contribution < 1.29 is 9.18 Å². The second-order valence-corrected chi connectivity index (χ2v) is 5.17. The van der Waals surface area contributed by atoms with E-state index in [2.05, 4.69) is 21.2 Å². The molecule has 2 aromatic carbocycles. The first kappa shape index (κ1) is 14.0. The maximum Gasteiger partial charge on any atom is 0.252 e. The van der Waals surface area contributed by atoms with Crippen LogP contribution in [-0.4, -0.2) is 5.91 Å². The normalized spacial score (nSPS) is 10.3. The number of nitrogens with one attached hydrogen (secondary N) is 1. The van der Waals surface area contributed by atoms with Crippen molar-refractivity contribution in [3.8, 4) is 0 Å². The molecule has 2 nitrogen and oxygen atoms in total. The van der Waals surface area contributed by atoms with Crippen molar-refractivity contribution >= 4 is 33.4 Å². The highest BCUT2D eigenvalue weighted by Crippen LogP contribution is 2.17. The number of halogens is 3. The first-order valence-corrected chi connectivity index (χ1v) is 6.71. The fourth-order valence-corrected chi connectivity index (χ4v) is 2.24. The average molecular weight is 343 g/mol. The molecule has 0 saturated heterocycles. The topological polar surface area (TPSA) is 29.1 Å². The molecule has 2 rings (SSSR count). The van der Waals surface area contributed by atoms with Crippen molar-refractivity contribution in [3.63, 3.8) is 0 Å². The van der Waals surface area contributed by atoms with Gasteiger partial charge in [-0.15, -0.1) is 0 Å². The lowest BCUT2D eigenvalue weighted by Crippen LogP contribution is -2.23. The van der Waals surface area contributed by atoms with Gasteiger partial charge in [-0.3, -0.25) is 4.79 Å². The molecule has 0 fully saturated rings. The summed E-state index contributed by atoms with van der Waals surface area (Å²) >= 11 is 8.99. The van der Waals surface area contributed by atoms with Gasteiger partial charge < -0.3 is 5.32 Å². The minimum absolute atomic E-state index is 0.0487. The Morgan fingerprint density at radius 2 is 2.00 bits per heavy atom. The number of hydrogen-bond donors (Lipinski definition) is 1. The van der Waals surface area contributed by atoms with Crippen LogP contribution < -0.4 is 5.32 Å². The third-order valence-corrected chi connectivity index (χ3v) is 3.54. The van der Waals surface area contributed by atoms with Crippen molar-refractivity contribution in [1.29, 1.82) is 0 Å². The summed E-state index contributed by atoms with van der Waals surface area (Å²) in [5, 5.41) is 2.80. The van der Waals surface area contributed by atoms with Crippen LogP contribution in [0.3, 0.4) is 0 Å². The van der Waals surface area contributed by atoms with Crippen molar-refractivity contribution in [1.82, 2.24) is 5.32 Å². The van der Waals surface area contributed by atoms with Crippen molar-refractivity contribution in [2.24, 2.45) is 0 Å². The fourth-order valence-electron chi connectivity index (χ4n) is 1.57. The maximum atomic E-state index is 13.0. The van der Waals surface area contributed by atoms with E-state index in [9.17, 15) is 9.18 Å². The van der Waals surface area contributed by atoms with Gasteiger partial charge in [-0.2, -0.15) is 0 Å². The molecule has 0 radical (unpaired) electrons. The third-order valence-electron chi connectivity index (χ3n) is 2.56. The third kappa shape index (κ3) is 3.55. The van der Waals surface area contributed by atoms with Crippen LogP contribution >= 0.6 is 27.5 Å². The zero-order chi connectivity index (χ0) is 13.8. The zero-order valence-electron chi connectivity index (χ0n) is 9.79. The molecule has 1 N–H and O–H groups in total. The Hall–Kier alpha value is -1.39. The standard InChI is InChI=1S/C14H10BrClFNO/c15-11-4-2-1-3-10(11)14(19)18-8-9-5-6-13(17)12(16)7-9/h1-7H,8H2,(H,18,19). The molecule has 0 spiro atoms. The first-order chi connectivity index (χ1) is 9.08. The monoisotopic (exact) mass is 341 g/mol. The first-order valence-electron chi connectivity index (χ1n) is 5.54. The Morgan fingerprint density at radius 3 is 2.68 bits per heavy atom. The number of amides is 1. The molecular formula is C14H10BrClFNO. The molecule has 0 aliphatic heterocycles. The van der Waals surface area contributed by atoms with Crippen LogP contribution in [0, 0.1) is 5.82 Å². The maximum absolute atomic E-state index is 13.0. The van der Waals surface area contributed by atoms with E-state index in [4.69, 9.17) is 11.6 Å². The summed E-state index contributed by atoms with van der Waals surface area (Å²) in [6, 6.07) is 11.5. The second kappa shape index (κ2) is 6.17. The van der Waals surface area contributed by atoms with Crippen LogP contribution in [-0.2, 0) is 6.54 Å². The van der Waals surface area contributed by atoms with Gasteiger partial charge in [0.1, 0.15) is 5.82 Å². The summed E-state index contributed by atoms with van der Waals surface area (Å²) < 4.78 is 13.7. The lowest BCUT2D eigenvalue weighted by molar-refractivity contribution is 0.0950. The Morgan fingerprint density at radius 1 is 1.26 bits per heavy atom. The SMILES string of the molecule is O=C(NCc1ccc(F)c(Cl)c1)c1ccccc1Br. The molecule has 2 aromatic rings. The van der Waals surface area contributed by atoms with Gasteiger partial charge in [-0.05, 0) is 45.8 Å². The van der Waals surface area contributed by atoms with Crippen LogP contribution in [0.1, 0.15) is 15.9 Å². The second-order valence-electron chi connectivity index (χ2n) is 3.91. The molecule has 0 aromatic heterocycles. The summed E-state index contributed by atoms with van der Waals surface area (Å²) in [4.78, 5) is 11.9. The van der Waals surface area contributed by atoms with Crippen LogP contribution in [0.15, 0.2) is 46.9 Å². The van der Waals surface area contributed by atoms with Gasteiger partial charge in [0.25, 0.3) is 5.91 Å². The Labute approximate surface area is 123 Å². The highest BCUT2D eigenvalue weighted by atomic mass is 79.9. The van der Waals surface area contributed by atoms with Gasteiger partial charge >= 0.3 is 0 Å². The molecule has 0 unspecified atom stereocenters. The number of benzene rings is 2. The number of hydrogen-bond acceptors (Lipinski definition) is 1. The summed E-state index contributed by atoms with van der Waals surface area (Å²) in [7, 11) is 0. The summed E-state index contributed by atoms with van der Waals surface area (Å²) in [6.45, 7) is 0.292. The molecule has 0 saturated carbocycles. The van der Waals surface area contributed by atoms with Gasteiger partial charge in [-0.1, -0.05) is 29.8 Å². The molecule has 0 aliphatic rings. The van der Waals surface area contributed by atoms with E-state index in [1.807, 2.05) is 6.07 Å².